The molecule has 0 aliphatic rings. The molecule has 1 aromatic heterocycles. The van der Waals surface area contributed by atoms with Crippen LogP contribution in [0.4, 0.5) is 0 Å². The zero-order valence-electron chi connectivity index (χ0n) is 14.1. The first-order valence-corrected chi connectivity index (χ1v) is 8.92. The summed E-state index contributed by atoms with van der Waals surface area (Å²) in [6, 6.07) is 19.5. The van der Waals surface area contributed by atoms with E-state index >= 15 is 0 Å². The van der Waals surface area contributed by atoms with Gasteiger partial charge in [0.15, 0.2) is 5.78 Å². The van der Waals surface area contributed by atoms with Gasteiger partial charge in [-0.3, -0.25) is 9.59 Å². The standard InChI is InChI=1S/C20H17N3O2S/c1-14-12-17(22-13-21-14)26-20(18(24)15-8-4-2-5-9-15)23-19(25)16-10-6-3-7-11-16/h2-13,20H,1H3,(H,23,25). The Morgan fingerprint density at radius 1 is 0.923 bits per heavy atom. The van der Waals surface area contributed by atoms with Crippen LogP contribution in [-0.4, -0.2) is 27.0 Å². The lowest BCUT2D eigenvalue weighted by molar-refractivity contribution is 0.0892. The third-order valence-electron chi connectivity index (χ3n) is 3.61. The Hall–Kier alpha value is -2.99. The number of aryl methyl sites for hydroxylation is 1. The number of Topliss-reactive ketones (excluding diaryl/α,β-unsaturated/α-hetero) is 1. The third-order valence-corrected chi connectivity index (χ3v) is 4.64. The van der Waals surface area contributed by atoms with Gasteiger partial charge in [0.1, 0.15) is 16.7 Å². The number of nitrogens with one attached hydrogen (secondary N) is 1. The fourth-order valence-electron chi connectivity index (χ4n) is 2.31. The summed E-state index contributed by atoms with van der Waals surface area (Å²) >= 11 is 1.20. The molecule has 26 heavy (non-hydrogen) atoms. The molecule has 6 heteroatoms. The summed E-state index contributed by atoms with van der Waals surface area (Å²) in [7, 11) is 0. The average Bonchev–Trinajstić information content (AvgIpc) is 2.68. The second kappa shape index (κ2) is 8.40. The molecule has 2 aromatic carbocycles. The lowest BCUT2D eigenvalue weighted by Gasteiger charge is -2.17. The van der Waals surface area contributed by atoms with Crippen LogP contribution in [0.2, 0.25) is 0 Å². The molecule has 1 heterocycles. The molecule has 0 aliphatic carbocycles. The highest BCUT2D eigenvalue weighted by Crippen LogP contribution is 2.23. The maximum Gasteiger partial charge on any atom is 0.252 e. The number of thioether (sulfide) groups is 1. The predicted molar refractivity (Wildman–Crippen MR) is 101 cm³/mol. The fourth-order valence-corrected chi connectivity index (χ4v) is 3.31. The molecule has 130 valence electrons. The number of aromatic nitrogens is 2. The van der Waals surface area contributed by atoms with Crippen LogP contribution < -0.4 is 5.32 Å². The van der Waals surface area contributed by atoms with Gasteiger partial charge in [0.2, 0.25) is 0 Å². The van der Waals surface area contributed by atoms with Crippen LogP contribution in [0.3, 0.4) is 0 Å². The van der Waals surface area contributed by atoms with Crippen molar-refractivity contribution in [1.29, 1.82) is 0 Å². The molecule has 0 aliphatic heterocycles. The SMILES string of the molecule is Cc1cc(SC(NC(=O)c2ccccc2)C(=O)c2ccccc2)ncn1. The molecule has 3 aromatic rings. The highest BCUT2D eigenvalue weighted by Gasteiger charge is 2.24. The second-order valence-corrected chi connectivity index (χ2v) is 6.69. The summed E-state index contributed by atoms with van der Waals surface area (Å²) in [4.78, 5) is 33.7. The van der Waals surface area contributed by atoms with E-state index in [0.717, 1.165) is 5.69 Å². The largest absolute Gasteiger partial charge is 0.333 e. The first-order chi connectivity index (χ1) is 12.6. The van der Waals surface area contributed by atoms with Crippen LogP contribution in [0.15, 0.2) is 78.1 Å². The first-order valence-electron chi connectivity index (χ1n) is 8.04. The Kier molecular flexibility index (Phi) is 5.76. The second-order valence-electron chi connectivity index (χ2n) is 5.57. The van der Waals surface area contributed by atoms with Crippen molar-refractivity contribution >= 4 is 23.5 Å². The highest BCUT2D eigenvalue weighted by atomic mass is 32.2. The number of amides is 1. The minimum absolute atomic E-state index is 0.184. The number of benzene rings is 2. The molecule has 0 bridgehead atoms. The van der Waals surface area contributed by atoms with Crippen molar-refractivity contribution in [3.05, 3.63) is 89.9 Å². The Bertz CT molecular complexity index is 901. The Morgan fingerprint density at radius 2 is 1.54 bits per heavy atom. The fraction of sp³-hybridized carbons (Fsp3) is 0.100. The van der Waals surface area contributed by atoms with Gasteiger partial charge in [-0.2, -0.15) is 0 Å². The van der Waals surface area contributed by atoms with Crippen LogP contribution in [0.5, 0.6) is 0 Å². The molecule has 1 unspecified atom stereocenters. The van der Waals surface area contributed by atoms with Crippen molar-refractivity contribution in [2.45, 2.75) is 17.3 Å². The van der Waals surface area contributed by atoms with Crippen LogP contribution in [0, 0.1) is 6.92 Å². The number of carbonyl (C=O) groups excluding carboxylic acids is 2. The monoisotopic (exact) mass is 363 g/mol. The molecule has 0 saturated heterocycles. The van der Waals surface area contributed by atoms with Crippen molar-refractivity contribution in [1.82, 2.24) is 15.3 Å². The van der Waals surface area contributed by atoms with E-state index in [4.69, 9.17) is 0 Å². The third kappa shape index (κ3) is 4.55. The number of ketones is 1. The number of nitrogens with zero attached hydrogens (tertiary/aromatic N) is 2. The van der Waals surface area contributed by atoms with Crippen molar-refractivity contribution in [3.8, 4) is 0 Å². The molecule has 0 spiro atoms. The molecular formula is C20H17N3O2S. The van der Waals surface area contributed by atoms with Gasteiger partial charge in [-0.15, -0.1) is 0 Å². The van der Waals surface area contributed by atoms with E-state index in [1.807, 2.05) is 19.1 Å². The van der Waals surface area contributed by atoms with Gasteiger partial charge in [0.25, 0.3) is 5.91 Å². The summed E-state index contributed by atoms with van der Waals surface area (Å²) in [5.41, 5.74) is 1.82. The van der Waals surface area contributed by atoms with Crippen molar-refractivity contribution < 1.29 is 9.59 Å². The minimum atomic E-state index is -0.792. The van der Waals surface area contributed by atoms with Gasteiger partial charge >= 0.3 is 0 Å². The van der Waals surface area contributed by atoms with E-state index in [0.29, 0.717) is 16.2 Å². The average molecular weight is 363 g/mol. The maximum atomic E-state index is 12.9. The van der Waals surface area contributed by atoms with E-state index in [1.54, 1.807) is 54.6 Å². The topological polar surface area (TPSA) is 72.0 Å². The smallest absolute Gasteiger partial charge is 0.252 e. The van der Waals surface area contributed by atoms with Gasteiger partial charge in [-0.25, -0.2) is 9.97 Å². The van der Waals surface area contributed by atoms with Gasteiger partial charge in [-0.1, -0.05) is 60.3 Å². The molecule has 1 amide bonds. The Balaban J connectivity index is 1.85. The number of rotatable bonds is 6. The molecule has 1 N–H and O–H groups in total. The molecule has 0 radical (unpaired) electrons. The predicted octanol–water partition coefficient (Wildman–Crippen LogP) is 3.52. The summed E-state index contributed by atoms with van der Waals surface area (Å²) in [5.74, 6) is -0.491. The van der Waals surface area contributed by atoms with Crippen molar-refractivity contribution in [2.24, 2.45) is 0 Å². The van der Waals surface area contributed by atoms with Crippen molar-refractivity contribution in [3.63, 3.8) is 0 Å². The molecule has 5 nitrogen and oxygen atoms in total. The van der Waals surface area contributed by atoms with E-state index in [1.165, 1.54) is 18.1 Å². The van der Waals surface area contributed by atoms with Crippen LogP contribution >= 0.6 is 11.8 Å². The van der Waals surface area contributed by atoms with E-state index in [9.17, 15) is 9.59 Å². The Labute approximate surface area is 155 Å². The lowest BCUT2D eigenvalue weighted by atomic mass is 10.1. The van der Waals surface area contributed by atoms with Crippen LogP contribution in [-0.2, 0) is 0 Å². The zero-order valence-corrected chi connectivity index (χ0v) is 14.9. The van der Waals surface area contributed by atoms with E-state index in [2.05, 4.69) is 15.3 Å². The molecule has 0 fully saturated rings. The van der Waals surface area contributed by atoms with Crippen LogP contribution in [0.25, 0.3) is 0 Å². The lowest BCUT2D eigenvalue weighted by Crippen LogP contribution is -2.38. The maximum absolute atomic E-state index is 12.9. The summed E-state index contributed by atoms with van der Waals surface area (Å²) in [5, 5.41) is 2.65. The normalized spacial score (nSPS) is 11.6. The number of carbonyl (C=O) groups is 2. The van der Waals surface area contributed by atoms with Crippen molar-refractivity contribution in [2.75, 3.05) is 0 Å². The number of hydrogen-bond acceptors (Lipinski definition) is 5. The number of hydrogen-bond donors (Lipinski definition) is 1. The van der Waals surface area contributed by atoms with Gasteiger partial charge in [0.05, 0.1) is 0 Å². The van der Waals surface area contributed by atoms with Gasteiger partial charge in [-0.05, 0) is 25.1 Å². The summed E-state index contributed by atoms with van der Waals surface area (Å²) < 4.78 is 0. The van der Waals surface area contributed by atoms with E-state index < -0.39 is 5.37 Å². The molecule has 1 atom stereocenters. The first kappa shape index (κ1) is 17.8. The van der Waals surface area contributed by atoms with Gasteiger partial charge in [0, 0.05) is 16.8 Å². The summed E-state index contributed by atoms with van der Waals surface area (Å²) in [6.07, 6.45) is 1.45. The quantitative estimate of drug-likeness (QED) is 0.314. The van der Waals surface area contributed by atoms with Gasteiger partial charge < -0.3 is 5.32 Å². The minimum Gasteiger partial charge on any atom is -0.333 e. The molecule has 3 rings (SSSR count). The highest BCUT2D eigenvalue weighted by molar-refractivity contribution is 8.00. The molecule has 0 saturated carbocycles. The summed E-state index contributed by atoms with van der Waals surface area (Å²) in [6.45, 7) is 1.85. The van der Waals surface area contributed by atoms with E-state index in [-0.39, 0.29) is 11.7 Å². The van der Waals surface area contributed by atoms with Crippen LogP contribution in [0.1, 0.15) is 26.4 Å². The Morgan fingerprint density at radius 3 is 2.15 bits per heavy atom. The molecular weight excluding hydrogens is 346 g/mol. The zero-order chi connectivity index (χ0) is 18.4.